The molecular weight excluding hydrogens is 336 g/mol. The van der Waals surface area contributed by atoms with Crippen LogP contribution in [-0.4, -0.2) is 54.6 Å². The van der Waals surface area contributed by atoms with Crippen molar-refractivity contribution in [1.82, 2.24) is 20.2 Å². The molecule has 8 heteroatoms. The Morgan fingerprint density at radius 1 is 1.35 bits per heavy atom. The normalized spacial score (nSPS) is 10.6. The van der Waals surface area contributed by atoms with Crippen molar-refractivity contribution in [3.05, 3.63) is 28.3 Å². The van der Waals surface area contributed by atoms with Crippen LogP contribution in [0.5, 0.6) is 11.5 Å². The molecule has 1 amide bonds. The lowest BCUT2D eigenvalue weighted by atomic mass is 10.2. The average molecular weight is 358 g/mol. The van der Waals surface area contributed by atoms with Crippen LogP contribution in [0.1, 0.15) is 12.7 Å². The molecule has 0 atom stereocenters. The number of hydrogen-bond acceptors (Lipinski definition) is 6. The minimum absolute atomic E-state index is 0.159. The van der Waals surface area contributed by atoms with E-state index in [4.69, 9.17) is 15.9 Å². The van der Waals surface area contributed by atoms with Gasteiger partial charge in [-0.15, -0.1) is 6.42 Å². The van der Waals surface area contributed by atoms with Gasteiger partial charge in [0.1, 0.15) is 5.82 Å². The van der Waals surface area contributed by atoms with E-state index in [1.165, 1.54) is 14.2 Å². The lowest BCUT2D eigenvalue weighted by Crippen LogP contribution is -2.37. The number of H-pyrrole nitrogens is 1. The number of rotatable bonds is 8. The molecule has 0 bridgehead atoms. The maximum atomic E-state index is 12.4. The predicted molar refractivity (Wildman–Crippen MR) is 98.3 cm³/mol. The van der Waals surface area contributed by atoms with Crippen molar-refractivity contribution in [2.45, 2.75) is 13.5 Å². The van der Waals surface area contributed by atoms with Gasteiger partial charge in [0.15, 0.2) is 11.5 Å². The smallest absolute Gasteiger partial charge is 0.258 e. The van der Waals surface area contributed by atoms with Crippen LogP contribution in [0.4, 0.5) is 0 Å². The van der Waals surface area contributed by atoms with Crippen LogP contribution in [0, 0.1) is 12.3 Å². The quantitative estimate of drug-likeness (QED) is 0.668. The molecule has 2 N–H and O–H groups in total. The average Bonchev–Trinajstić information content (AvgIpc) is 2.64. The zero-order chi connectivity index (χ0) is 19.1. The van der Waals surface area contributed by atoms with Gasteiger partial charge in [0.2, 0.25) is 5.91 Å². The highest BCUT2D eigenvalue weighted by atomic mass is 16.5. The summed E-state index contributed by atoms with van der Waals surface area (Å²) < 4.78 is 10.5. The molecule has 1 aromatic heterocycles. The fourth-order valence-corrected chi connectivity index (χ4v) is 2.49. The Bertz CT molecular complexity index is 885. The molecule has 0 fully saturated rings. The van der Waals surface area contributed by atoms with Crippen molar-refractivity contribution in [2.75, 3.05) is 33.9 Å². The Balaban J connectivity index is 2.28. The van der Waals surface area contributed by atoms with Gasteiger partial charge in [-0.25, -0.2) is 4.98 Å². The molecule has 26 heavy (non-hydrogen) atoms. The highest BCUT2D eigenvalue weighted by Gasteiger charge is 2.14. The Kier molecular flexibility index (Phi) is 6.58. The van der Waals surface area contributed by atoms with Crippen LogP contribution in [0.15, 0.2) is 16.9 Å². The number of fused-ring (bicyclic) bond motifs is 1. The number of terminal acetylenes is 1. The van der Waals surface area contributed by atoms with Gasteiger partial charge in [-0.3, -0.25) is 14.5 Å². The van der Waals surface area contributed by atoms with E-state index in [0.29, 0.717) is 41.3 Å². The Labute approximate surface area is 151 Å². The third-order valence-electron chi connectivity index (χ3n) is 3.84. The monoisotopic (exact) mass is 358 g/mol. The Hall–Kier alpha value is -3.05. The molecule has 0 saturated heterocycles. The molecule has 0 saturated carbocycles. The maximum Gasteiger partial charge on any atom is 0.258 e. The van der Waals surface area contributed by atoms with Crippen molar-refractivity contribution in [1.29, 1.82) is 0 Å². The summed E-state index contributed by atoms with van der Waals surface area (Å²) >= 11 is 0. The predicted octanol–water partition coefficient (Wildman–Crippen LogP) is 0.512. The topological polar surface area (TPSA) is 96.6 Å². The number of amides is 1. The van der Waals surface area contributed by atoms with Crippen LogP contribution >= 0.6 is 0 Å². The van der Waals surface area contributed by atoms with Crippen LogP contribution in [0.25, 0.3) is 10.9 Å². The molecule has 1 heterocycles. The third kappa shape index (κ3) is 4.52. The summed E-state index contributed by atoms with van der Waals surface area (Å²) in [5.74, 6) is 3.58. The van der Waals surface area contributed by atoms with E-state index >= 15 is 0 Å². The molecule has 0 unspecified atom stereocenters. The number of carbonyl (C=O) groups is 1. The van der Waals surface area contributed by atoms with E-state index in [-0.39, 0.29) is 24.6 Å². The molecule has 0 aliphatic rings. The van der Waals surface area contributed by atoms with E-state index in [1.54, 1.807) is 12.1 Å². The molecule has 2 aromatic rings. The molecule has 8 nitrogen and oxygen atoms in total. The van der Waals surface area contributed by atoms with E-state index < -0.39 is 0 Å². The molecule has 0 aliphatic heterocycles. The van der Waals surface area contributed by atoms with Gasteiger partial charge in [-0.2, -0.15) is 0 Å². The number of carbonyl (C=O) groups excluding carboxylic acids is 1. The van der Waals surface area contributed by atoms with E-state index in [9.17, 15) is 9.59 Å². The van der Waals surface area contributed by atoms with Gasteiger partial charge in [0.05, 0.1) is 44.8 Å². The van der Waals surface area contributed by atoms with Crippen LogP contribution < -0.4 is 20.3 Å². The minimum Gasteiger partial charge on any atom is -0.493 e. The standard InChI is InChI=1S/C18H22N4O4/c1-5-7-19-17(23)11-22(6-2)10-16-20-13-9-15(26-4)14(25-3)8-12(13)18(24)21-16/h1,8-9H,6-7,10-11H2,2-4H3,(H,19,23)(H,20,21,24). The van der Waals surface area contributed by atoms with Crippen LogP contribution in [-0.2, 0) is 11.3 Å². The zero-order valence-electron chi connectivity index (χ0n) is 15.1. The van der Waals surface area contributed by atoms with E-state index in [1.807, 2.05) is 11.8 Å². The highest BCUT2D eigenvalue weighted by Crippen LogP contribution is 2.29. The number of hydrogen-bond donors (Lipinski definition) is 2. The summed E-state index contributed by atoms with van der Waals surface area (Å²) in [5.41, 5.74) is 0.216. The van der Waals surface area contributed by atoms with E-state index in [2.05, 4.69) is 21.2 Å². The van der Waals surface area contributed by atoms with Gasteiger partial charge >= 0.3 is 0 Å². The molecule has 1 aromatic carbocycles. The Morgan fingerprint density at radius 2 is 2.04 bits per heavy atom. The number of nitrogens with one attached hydrogen (secondary N) is 2. The van der Waals surface area contributed by atoms with Crippen LogP contribution in [0.3, 0.4) is 0 Å². The first kappa shape index (κ1) is 19.3. The number of benzene rings is 1. The fourth-order valence-electron chi connectivity index (χ4n) is 2.49. The second-order valence-corrected chi connectivity index (χ2v) is 5.52. The first-order chi connectivity index (χ1) is 12.5. The number of aromatic nitrogens is 2. The number of aromatic amines is 1. The minimum atomic E-state index is -0.279. The van der Waals surface area contributed by atoms with Crippen molar-refractivity contribution >= 4 is 16.8 Å². The third-order valence-corrected chi connectivity index (χ3v) is 3.84. The summed E-state index contributed by atoms with van der Waals surface area (Å²) in [4.78, 5) is 33.3. The van der Waals surface area contributed by atoms with Crippen molar-refractivity contribution in [2.24, 2.45) is 0 Å². The number of nitrogens with zero attached hydrogens (tertiary/aromatic N) is 2. The first-order valence-electron chi connectivity index (χ1n) is 8.09. The van der Waals surface area contributed by atoms with Crippen LogP contribution in [0.2, 0.25) is 0 Å². The van der Waals surface area contributed by atoms with Crippen molar-refractivity contribution in [3.8, 4) is 23.8 Å². The number of likely N-dealkylation sites (N-methyl/N-ethyl adjacent to an activating group) is 1. The summed E-state index contributed by atoms with van der Waals surface area (Å²) in [6, 6.07) is 3.25. The largest absolute Gasteiger partial charge is 0.493 e. The fraction of sp³-hybridized carbons (Fsp3) is 0.389. The Morgan fingerprint density at radius 3 is 2.65 bits per heavy atom. The molecular formula is C18H22N4O4. The summed E-state index contributed by atoms with van der Waals surface area (Å²) in [6.07, 6.45) is 5.13. The lowest BCUT2D eigenvalue weighted by Gasteiger charge is -2.19. The van der Waals surface area contributed by atoms with Gasteiger partial charge in [0, 0.05) is 6.07 Å². The molecule has 2 rings (SSSR count). The van der Waals surface area contributed by atoms with Gasteiger partial charge < -0.3 is 19.8 Å². The SMILES string of the molecule is C#CCNC(=O)CN(CC)Cc1nc2cc(OC)c(OC)cc2c(=O)[nH]1. The zero-order valence-corrected chi connectivity index (χ0v) is 15.1. The molecule has 0 aliphatic carbocycles. The summed E-state index contributed by atoms with van der Waals surface area (Å²) in [5, 5.41) is 3.02. The van der Waals surface area contributed by atoms with Crippen molar-refractivity contribution < 1.29 is 14.3 Å². The second-order valence-electron chi connectivity index (χ2n) is 5.52. The maximum absolute atomic E-state index is 12.4. The van der Waals surface area contributed by atoms with Gasteiger partial charge in [-0.05, 0) is 12.6 Å². The molecule has 0 radical (unpaired) electrons. The van der Waals surface area contributed by atoms with E-state index in [0.717, 1.165) is 0 Å². The molecule has 138 valence electrons. The molecule has 0 spiro atoms. The van der Waals surface area contributed by atoms with Gasteiger partial charge in [0.25, 0.3) is 5.56 Å². The van der Waals surface area contributed by atoms with Crippen molar-refractivity contribution in [3.63, 3.8) is 0 Å². The summed E-state index contributed by atoms with van der Waals surface area (Å²) in [7, 11) is 3.02. The number of methoxy groups -OCH3 is 2. The highest BCUT2D eigenvalue weighted by molar-refractivity contribution is 5.82. The van der Waals surface area contributed by atoms with Gasteiger partial charge in [-0.1, -0.05) is 12.8 Å². The lowest BCUT2D eigenvalue weighted by molar-refractivity contribution is -0.122. The summed E-state index contributed by atoms with van der Waals surface area (Å²) in [6.45, 7) is 3.19. The first-order valence-corrected chi connectivity index (χ1v) is 8.09. The number of ether oxygens (including phenoxy) is 2. The second kappa shape index (κ2) is 8.87.